The molecule has 0 saturated carbocycles. The molecule has 0 aliphatic carbocycles. The molecule has 8 nitrogen and oxygen atoms in total. The van der Waals surface area contributed by atoms with Crippen LogP contribution in [0.4, 0.5) is 0 Å². The zero-order valence-electron chi connectivity index (χ0n) is 32.7. The van der Waals surface area contributed by atoms with Gasteiger partial charge in [0.25, 0.3) is 0 Å². The first-order valence-electron chi connectivity index (χ1n) is 19.8. The summed E-state index contributed by atoms with van der Waals surface area (Å²) in [5.74, 6) is 0. The summed E-state index contributed by atoms with van der Waals surface area (Å²) in [6.45, 7) is 6.39. The smallest absolute Gasteiger partial charge is 0.187 e. The highest BCUT2D eigenvalue weighted by atomic mass is 16.7. The Labute approximate surface area is 332 Å². The monoisotopic (exact) mass is 759 g/mol. The zero-order valence-corrected chi connectivity index (χ0v) is 32.7. The SMILES string of the molecule is CCC[C@@H](OCc1ccccc1)[C@](C)(N)CO[C@H]1O[C@H](COCc2ccccc2)[C@H](OCc2ccccc2)[C@H](OCc2ccccc2)[C@H]1OCc1ccccc1. The van der Waals surface area contributed by atoms with Crippen LogP contribution in [0.25, 0.3) is 0 Å². The normalized spacial score (nSPS) is 21.3. The van der Waals surface area contributed by atoms with Crippen molar-refractivity contribution in [3.63, 3.8) is 0 Å². The molecule has 0 amide bonds. The van der Waals surface area contributed by atoms with Crippen molar-refractivity contribution in [3.8, 4) is 0 Å². The summed E-state index contributed by atoms with van der Waals surface area (Å²) >= 11 is 0. The van der Waals surface area contributed by atoms with Crippen LogP contribution in [0.15, 0.2) is 152 Å². The summed E-state index contributed by atoms with van der Waals surface area (Å²) in [4.78, 5) is 0. The molecule has 1 heterocycles. The molecule has 0 spiro atoms. The van der Waals surface area contributed by atoms with Crippen LogP contribution in [-0.4, -0.2) is 55.6 Å². The van der Waals surface area contributed by atoms with Gasteiger partial charge >= 0.3 is 0 Å². The van der Waals surface area contributed by atoms with E-state index in [9.17, 15) is 0 Å². The molecule has 0 radical (unpaired) electrons. The van der Waals surface area contributed by atoms with E-state index in [1.54, 1.807) is 0 Å². The topological polar surface area (TPSA) is 90.6 Å². The fourth-order valence-electron chi connectivity index (χ4n) is 6.87. The maximum absolute atomic E-state index is 7.10. The average Bonchev–Trinajstić information content (AvgIpc) is 3.24. The molecular weight excluding hydrogens is 703 g/mol. The maximum Gasteiger partial charge on any atom is 0.187 e. The molecule has 5 aromatic rings. The predicted octanol–water partition coefficient (Wildman–Crippen LogP) is 8.80. The molecule has 0 aromatic heterocycles. The van der Waals surface area contributed by atoms with Gasteiger partial charge < -0.3 is 38.9 Å². The molecule has 7 atom stereocenters. The Balaban J connectivity index is 1.29. The second kappa shape index (κ2) is 21.9. The van der Waals surface area contributed by atoms with E-state index in [-0.39, 0.29) is 19.3 Å². The van der Waals surface area contributed by atoms with Crippen LogP contribution in [-0.2, 0) is 66.2 Å². The Kier molecular flexibility index (Phi) is 16.2. The van der Waals surface area contributed by atoms with Gasteiger partial charge in [0.05, 0.1) is 57.9 Å². The predicted molar refractivity (Wildman–Crippen MR) is 218 cm³/mol. The largest absolute Gasteiger partial charge is 0.374 e. The molecule has 1 aliphatic rings. The van der Waals surface area contributed by atoms with Crippen LogP contribution in [0.3, 0.4) is 0 Å². The fraction of sp³-hybridized carbons (Fsp3) is 0.375. The zero-order chi connectivity index (χ0) is 38.8. The minimum absolute atomic E-state index is 0.154. The Morgan fingerprint density at radius 2 is 0.946 bits per heavy atom. The Morgan fingerprint density at radius 1 is 0.536 bits per heavy atom. The summed E-state index contributed by atoms with van der Waals surface area (Å²) in [7, 11) is 0. The molecule has 0 bridgehead atoms. The molecule has 6 rings (SSSR count). The van der Waals surface area contributed by atoms with Crippen LogP contribution >= 0.6 is 0 Å². The van der Waals surface area contributed by atoms with E-state index in [2.05, 4.69) is 31.2 Å². The molecule has 1 saturated heterocycles. The summed E-state index contributed by atoms with van der Waals surface area (Å²) in [5, 5.41) is 0. The van der Waals surface area contributed by atoms with Crippen LogP contribution in [0.2, 0.25) is 0 Å². The van der Waals surface area contributed by atoms with Crippen molar-refractivity contribution < 1.29 is 33.2 Å². The van der Waals surface area contributed by atoms with Crippen LogP contribution in [0.1, 0.15) is 54.5 Å². The van der Waals surface area contributed by atoms with Gasteiger partial charge in [0, 0.05) is 0 Å². The van der Waals surface area contributed by atoms with Gasteiger partial charge in [0.15, 0.2) is 6.29 Å². The first-order chi connectivity index (χ1) is 27.5. The van der Waals surface area contributed by atoms with Crippen molar-refractivity contribution >= 4 is 0 Å². The second-order valence-corrected chi connectivity index (χ2v) is 14.7. The van der Waals surface area contributed by atoms with Gasteiger partial charge in [-0.1, -0.05) is 165 Å². The van der Waals surface area contributed by atoms with E-state index in [1.807, 2.05) is 134 Å². The molecule has 296 valence electrons. The molecule has 0 unspecified atom stereocenters. The van der Waals surface area contributed by atoms with Gasteiger partial charge in [-0.3, -0.25) is 0 Å². The van der Waals surface area contributed by atoms with Crippen molar-refractivity contribution in [2.45, 2.75) is 102 Å². The Hall–Kier alpha value is -4.22. The Bertz CT molecular complexity index is 1780. The van der Waals surface area contributed by atoms with Crippen LogP contribution < -0.4 is 5.73 Å². The Morgan fingerprint density at radius 3 is 1.41 bits per heavy atom. The van der Waals surface area contributed by atoms with E-state index in [4.69, 9.17) is 38.9 Å². The number of hydrogen-bond donors (Lipinski definition) is 1. The number of ether oxygens (including phenoxy) is 7. The van der Waals surface area contributed by atoms with Crippen molar-refractivity contribution in [2.75, 3.05) is 13.2 Å². The van der Waals surface area contributed by atoms with Gasteiger partial charge in [0.2, 0.25) is 0 Å². The van der Waals surface area contributed by atoms with Gasteiger partial charge in [-0.25, -0.2) is 0 Å². The molecule has 2 N–H and O–H groups in total. The summed E-state index contributed by atoms with van der Waals surface area (Å²) in [6, 6.07) is 50.6. The molecule has 5 aromatic carbocycles. The molecule has 56 heavy (non-hydrogen) atoms. The van der Waals surface area contributed by atoms with Crippen LogP contribution in [0.5, 0.6) is 0 Å². The van der Waals surface area contributed by atoms with E-state index in [0.29, 0.717) is 33.0 Å². The van der Waals surface area contributed by atoms with E-state index >= 15 is 0 Å². The first-order valence-corrected chi connectivity index (χ1v) is 19.8. The highest BCUT2D eigenvalue weighted by molar-refractivity contribution is 5.17. The maximum atomic E-state index is 7.10. The summed E-state index contributed by atoms with van der Waals surface area (Å²) in [5.41, 5.74) is 11.5. The lowest BCUT2D eigenvalue weighted by atomic mass is 9.93. The highest BCUT2D eigenvalue weighted by Crippen LogP contribution is 2.33. The molecule has 1 aliphatic heterocycles. The quantitative estimate of drug-likeness (QED) is 0.0750. The number of nitrogens with two attached hydrogens (primary N) is 1. The lowest BCUT2D eigenvalue weighted by molar-refractivity contribution is -0.331. The van der Waals surface area contributed by atoms with E-state index < -0.39 is 36.2 Å². The van der Waals surface area contributed by atoms with Gasteiger partial charge in [0.1, 0.15) is 24.4 Å². The lowest BCUT2D eigenvalue weighted by Crippen LogP contribution is -2.63. The highest BCUT2D eigenvalue weighted by Gasteiger charge is 2.50. The van der Waals surface area contributed by atoms with E-state index in [1.165, 1.54) is 0 Å². The third-order valence-corrected chi connectivity index (χ3v) is 9.98. The summed E-state index contributed by atoms with van der Waals surface area (Å²) in [6.07, 6.45) is -1.86. The van der Waals surface area contributed by atoms with Crippen molar-refractivity contribution in [1.29, 1.82) is 0 Å². The third-order valence-electron chi connectivity index (χ3n) is 9.98. The van der Waals surface area contributed by atoms with Gasteiger partial charge in [-0.2, -0.15) is 0 Å². The molecule has 8 heteroatoms. The fourth-order valence-corrected chi connectivity index (χ4v) is 6.87. The third kappa shape index (κ3) is 12.6. The van der Waals surface area contributed by atoms with E-state index in [0.717, 1.165) is 40.7 Å². The average molecular weight is 760 g/mol. The number of hydrogen-bond acceptors (Lipinski definition) is 8. The lowest BCUT2D eigenvalue weighted by Gasteiger charge is -2.46. The minimum Gasteiger partial charge on any atom is -0.374 e. The van der Waals surface area contributed by atoms with Gasteiger partial charge in [-0.15, -0.1) is 0 Å². The van der Waals surface area contributed by atoms with Gasteiger partial charge in [-0.05, 0) is 41.2 Å². The van der Waals surface area contributed by atoms with Crippen molar-refractivity contribution in [3.05, 3.63) is 179 Å². The number of benzene rings is 5. The van der Waals surface area contributed by atoms with Crippen LogP contribution in [0, 0.1) is 0 Å². The minimum atomic E-state index is -0.860. The first kappa shape index (κ1) is 41.4. The van der Waals surface area contributed by atoms with Crippen molar-refractivity contribution in [2.24, 2.45) is 5.73 Å². The second-order valence-electron chi connectivity index (χ2n) is 14.7. The summed E-state index contributed by atoms with van der Waals surface area (Å²) < 4.78 is 47.0. The number of rotatable bonds is 22. The molecule has 1 fully saturated rings. The molecular formula is C48H57NO7. The van der Waals surface area contributed by atoms with Crippen molar-refractivity contribution in [1.82, 2.24) is 0 Å². The standard InChI is InChI=1S/C48H57NO7/c1-3-19-43(51-31-38-22-11-5-12-23-38)48(2,49)36-55-47-46(54-34-41-28-17-8-18-29-41)45(53-33-40-26-15-7-16-27-40)44(52-32-39-24-13-6-14-25-39)42(56-47)35-50-30-37-20-9-4-10-21-37/h4-18,20-29,42-47H,3,19,30-36,49H2,1-2H3/t42-,43-,44+,45+,46-,47+,48-/m1/s1.